The number of halogens is 1. The summed E-state index contributed by atoms with van der Waals surface area (Å²) in [5.41, 5.74) is 0.0896. The fourth-order valence-electron chi connectivity index (χ4n) is 4.35. The van der Waals surface area contributed by atoms with Crippen molar-refractivity contribution in [3.05, 3.63) is 34.9 Å². The highest BCUT2D eigenvalue weighted by Gasteiger charge is 2.54. The molecule has 0 saturated carbocycles. The summed E-state index contributed by atoms with van der Waals surface area (Å²) in [6, 6.07) is 7.69. The highest BCUT2D eigenvalue weighted by Crippen LogP contribution is 2.45. The lowest BCUT2D eigenvalue weighted by Crippen LogP contribution is -2.48. The molecule has 2 saturated heterocycles. The smallest absolute Gasteiger partial charge is 0.232 e. The summed E-state index contributed by atoms with van der Waals surface area (Å²) >= 11 is 6.47. The van der Waals surface area contributed by atoms with Crippen LogP contribution in [0.25, 0.3) is 0 Å². The summed E-state index contributed by atoms with van der Waals surface area (Å²) < 4.78 is 0. The number of fused-ring (bicyclic) bond motifs is 1. The molecule has 2 unspecified atom stereocenters. The van der Waals surface area contributed by atoms with E-state index in [0.717, 1.165) is 31.6 Å². The number of amides is 2. The second-order valence-corrected chi connectivity index (χ2v) is 7.67. The maximum Gasteiger partial charge on any atom is 0.232 e. The molecule has 1 N–H and O–H groups in total. The predicted molar refractivity (Wildman–Crippen MR) is 103 cm³/mol. The zero-order valence-electron chi connectivity index (χ0n) is 15.6. The Balaban J connectivity index is 1.82. The fraction of sp³-hybridized carbons (Fsp3) is 0.600. The zero-order chi connectivity index (χ0) is 18.7. The van der Waals surface area contributed by atoms with Gasteiger partial charge in [0, 0.05) is 37.1 Å². The van der Waals surface area contributed by atoms with Crippen LogP contribution < -0.4 is 5.32 Å². The van der Waals surface area contributed by atoms with Gasteiger partial charge in [-0.1, -0.05) is 43.6 Å². The van der Waals surface area contributed by atoms with Crippen molar-refractivity contribution in [3.63, 3.8) is 0 Å². The van der Waals surface area contributed by atoms with Gasteiger partial charge >= 0.3 is 0 Å². The number of benzene rings is 1. The monoisotopic (exact) mass is 377 g/mol. The number of carbonyl (C=O) groups excluding carboxylic acids is 2. The van der Waals surface area contributed by atoms with Gasteiger partial charge < -0.3 is 15.1 Å². The standard InChI is InChI=1S/C20H28ClN3O2/c1-3-23(4-2)12-11-22-19(26)20(16-7-5-6-8-17(16)21)13-15-9-10-18(25)24(15)14-20/h5-8,15H,3-4,9-14H2,1-2H3,(H,22,26). The highest BCUT2D eigenvalue weighted by molar-refractivity contribution is 6.31. The van der Waals surface area contributed by atoms with Crippen LogP contribution in [0.1, 0.15) is 38.7 Å². The Morgan fingerprint density at radius 1 is 1.35 bits per heavy atom. The third kappa shape index (κ3) is 3.47. The Kier molecular flexibility index (Phi) is 5.88. The number of rotatable bonds is 7. The second kappa shape index (κ2) is 7.97. The van der Waals surface area contributed by atoms with E-state index in [1.165, 1.54) is 0 Å². The van der Waals surface area contributed by atoms with Crippen LogP contribution in [0.3, 0.4) is 0 Å². The molecule has 2 heterocycles. The minimum atomic E-state index is -0.748. The van der Waals surface area contributed by atoms with Crippen LogP contribution in [-0.4, -0.2) is 60.4 Å². The Morgan fingerprint density at radius 3 is 2.73 bits per heavy atom. The van der Waals surface area contributed by atoms with Gasteiger partial charge in [0.15, 0.2) is 0 Å². The highest BCUT2D eigenvalue weighted by atomic mass is 35.5. The van der Waals surface area contributed by atoms with E-state index in [1.54, 1.807) is 0 Å². The van der Waals surface area contributed by atoms with E-state index >= 15 is 0 Å². The van der Waals surface area contributed by atoms with Crippen molar-refractivity contribution in [1.82, 2.24) is 15.1 Å². The van der Waals surface area contributed by atoms with Crippen LogP contribution >= 0.6 is 11.6 Å². The number of hydrogen-bond acceptors (Lipinski definition) is 3. The quantitative estimate of drug-likeness (QED) is 0.794. The molecule has 0 bridgehead atoms. The van der Waals surface area contributed by atoms with Crippen molar-refractivity contribution in [2.45, 2.75) is 44.6 Å². The average molecular weight is 378 g/mol. The molecule has 142 valence electrons. The van der Waals surface area contributed by atoms with Crippen LogP contribution in [0.2, 0.25) is 5.02 Å². The largest absolute Gasteiger partial charge is 0.354 e. The molecule has 3 rings (SSSR count). The topological polar surface area (TPSA) is 52.7 Å². The lowest BCUT2D eigenvalue weighted by molar-refractivity contribution is -0.129. The zero-order valence-corrected chi connectivity index (χ0v) is 16.4. The van der Waals surface area contributed by atoms with Gasteiger partial charge in [0.1, 0.15) is 0 Å². The number of likely N-dealkylation sites (N-methyl/N-ethyl adjacent to an activating group) is 1. The Morgan fingerprint density at radius 2 is 2.08 bits per heavy atom. The lowest BCUT2D eigenvalue weighted by atomic mass is 9.76. The molecule has 1 aromatic carbocycles. The third-order valence-corrected chi connectivity index (χ3v) is 6.24. The van der Waals surface area contributed by atoms with E-state index in [2.05, 4.69) is 24.1 Å². The molecule has 2 atom stereocenters. The van der Waals surface area contributed by atoms with Crippen molar-refractivity contribution in [1.29, 1.82) is 0 Å². The van der Waals surface area contributed by atoms with Gasteiger partial charge in [0.25, 0.3) is 0 Å². The second-order valence-electron chi connectivity index (χ2n) is 7.26. The predicted octanol–water partition coefficient (Wildman–Crippen LogP) is 2.43. The first-order valence-electron chi connectivity index (χ1n) is 9.57. The number of nitrogens with one attached hydrogen (secondary N) is 1. The molecule has 26 heavy (non-hydrogen) atoms. The average Bonchev–Trinajstić information content (AvgIpc) is 3.19. The minimum absolute atomic E-state index is 0.0139. The number of hydrogen-bond donors (Lipinski definition) is 1. The molecule has 0 aliphatic carbocycles. The molecule has 5 nitrogen and oxygen atoms in total. The van der Waals surface area contributed by atoms with Gasteiger partial charge in [-0.3, -0.25) is 9.59 Å². The van der Waals surface area contributed by atoms with E-state index in [0.29, 0.717) is 31.0 Å². The maximum atomic E-state index is 13.3. The van der Waals surface area contributed by atoms with E-state index in [-0.39, 0.29) is 17.9 Å². The molecule has 2 amide bonds. The molecule has 2 aliphatic heterocycles. The summed E-state index contributed by atoms with van der Waals surface area (Å²) in [5, 5.41) is 3.71. The summed E-state index contributed by atoms with van der Waals surface area (Å²) in [6.45, 7) is 8.02. The molecule has 6 heteroatoms. The third-order valence-electron chi connectivity index (χ3n) is 5.91. The summed E-state index contributed by atoms with van der Waals surface area (Å²) in [5.74, 6) is 0.139. The van der Waals surface area contributed by atoms with Gasteiger partial charge in [0.05, 0.1) is 5.41 Å². The lowest BCUT2D eigenvalue weighted by Gasteiger charge is -2.30. The van der Waals surface area contributed by atoms with Crippen LogP contribution in [-0.2, 0) is 15.0 Å². The molecular formula is C20H28ClN3O2. The van der Waals surface area contributed by atoms with Crippen LogP contribution in [0.5, 0.6) is 0 Å². The number of nitrogens with zero attached hydrogens (tertiary/aromatic N) is 2. The molecule has 0 aromatic heterocycles. The number of carbonyl (C=O) groups is 2. The molecule has 2 fully saturated rings. The first-order chi connectivity index (χ1) is 12.5. The summed E-state index contributed by atoms with van der Waals surface area (Å²) in [4.78, 5) is 29.7. The summed E-state index contributed by atoms with van der Waals surface area (Å²) in [7, 11) is 0. The van der Waals surface area contributed by atoms with Crippen molar-refractivity contribution in [3.8, 4) is 0 Å². The minimum Gasteiger partial charge on any atom is -0.354 e. The Bertz CT molecular complexity index is 677. The van der Waals surface area contributed by atoms with Gasteiger partial charge in [-0.2, -0.15) is 0 Å². The van der Waals surface area contributed by atoms with Gasteiger partial charge in [-0.05, 0) is 37.6 Å². The normalized spacial score (nSPS) is 25.0. The van der Waals surface area contributed by atoms with Crippen molar-refractivity contribution in [2.24, 2.45) is 0 Å². The van der Waals surface area contributed by atoms with E-state index in [4.69, 9.17) is 11.6 Å². The van der Waals surface area contributed by atoms with Gasteiger partial charge in [0.2, 0.25) is 11.8 Å². The van der Waals surface area contributed by atoms with E-state index < -0.39 is 5.41 Å². The van der Waals surface area contributed by atoms with E-state index in [1.807, 2.05) is 29.2 Å². The van der Waals surface area contributed by atoms with Crippen molar-refractivity contribution < 1.29 is 9.59 Å². The SMILES string of the molecule is CCN(CC)CCNC(=O)C1(c2ccccc2Cl)CC2CCC(=O)N2C1. The van der Waals surface area contributed by atoms with Gasteiger partial charge in [-0.15, -0.1) is 0 Å². The first kappa shape index (κ1) is 19.2. The molecular weight excluding hydrogens is 350 g/mol. The maximum absolute atomic E-state index is 13.3. The van der Waals surface area contributed by atoms with Crippen molar-refractivity contribution in [2.75, 3.05) is 32.7 Å². The van der Waals surface area contributed by atoms with Crippen LogP contribution in [0.4, 0.5) is 0 Å². The Labute approximate surface area is 160 Å². The molecule has 1 aromatic rings. The van der Waals surface area contributed by atoms with E-state index in [9.17, 15) is 9.59 Å². The Hall–Kier alpha value is -1.59. The first-order valence-corrected chi connectivity index (χ1v) is 9.94. The molecule has 2 aliphatic rings. The summed E-state index contributed by atoms with van der Waals surface area (Å²) in [6.07, 6.45) is 2.07. The fourth-order valence-corrected chi connectivity index (χ4v) is 4.66. The van der Waals surface area contributed by atoms with Crippen LogP contribution in [0.15, 0.2) is 24.3 Å². The van der Waals surface area contributed by atoms with Gasteiger partial charge in [-0.25, -0.2) is 0 Å². The van der Waals surface area contributed by atoms with Crippen LogP contribution in [0, 0.1) is 0 Å². The molecule has 0 radical (unpaired) electrons. The van der Waals surface area contributed by atoms with Crippen molar-refractivity contribution >= 4 is 23.4 Å². The molecule has 0 spiro atoms.